The predicted molar refractivity (Wildman–Crippen MR) is 78.0 cm³/mol. The van der Waals surface area contributed by atoms with Gasteiger partial charge in [0.25, 0.3) is 0 Å². The Morgan fingerprint density at radius 1 is 1.23 bits per heavy atom. The molecular formula is C15H22N4O3. The Morgan fingerprint density at radius 2 is 2.00 bits per heavy atom. The van der Waals surface area contributed by atoms with E-state index in [4.69, 9.17) is 4.52 Å². The summed E-state index contributed by atoms with van der Waals surface area (Å²) in [6.45, 7) is 5.35. The largest absolute Gasteiger partial charge is 0.340 e. The lowest BCUT2D eigenvalue weighted by Crippen LogP contribution is -2.49. The number of amides is 2. The smallest absolute Gasteiger partial charge is 0.245 e. The normalized spacial score (nSPS) is 25.5. The second-order valence-electron chi connectivity index (χ2n) is 6.17. The third kappa shape index (κ3) is 2.84. The highest BCUT2D eigenvalue weighted by Crippen LogP contribution is 2.28. The van der Waals surface area contributed by atoms with Crippen LogP contribution in [0.1, 0.15) is 50.2 Å². The Hall–Kier alpha value is -1.92. The molecule has 2 saturated heterocycles. The van der Waals surface area contributed by atoms with Crippen molar-refractivity contribution in [2.75, 3.05) is 19.6 Å². The molecule has 2 aliphatic rings. The van der Waals surface area contributed by atoms with Crippen molar-refractivity contribution in [1.29, 1.82) is 0 Å². The van der Waals surface area contributed by atoms with Crippen molar-refractivity contribution >= 4 is 11.8 Å². The predicted octanol–water partition coefficient (Wildman–Crippen LogP) is 1.09. The summed E-state index contributed by atoms with van der Waals surface area (Å²) in [5.41, 5.74) is 0. The quantitative estimate of drug-likeness (QED) is 0.817. The molecule has 0 spiro atoms. The number of hydrogen-bond donors (Lipinski definition) is 0. The summed E-state index contributed by atoms with van der Waals surface area (Å²) in [5.74, 6) is 1.39. The zero-order valence-electron chi connectivity index (χ0n) is 13.1. The summed E-state index contributed by atoms with van der Waals surface area (Å²) < 4.78 is 5.25. The van der Waals surface area contributed by atoms with Crippen molar-refractivity contribution in [2.24, 2.45) is 0 Å². The minimum Gasteiger partial charge on any atom is -0.340 e. The molecule has 3 rings (SSSR count). The minimum atomic E-state index is -0.291. The zero-order chi connectivity index (χ0) is 15.7. The molecule has 120 valence electrons. The molecule has 7 heteroatoms. The average molecular weight is 306 g/mol. The van der Waals surface area contributed by atoms with Crippen LogP contribution in [-0.2, 0) is 9.59 Å². The van der Waals surface area contributed by atoms with E-state index in [2.05, 4.69) is 10.1 Å². The van der Waals surface area contributed by atoms with Crippen LogP contribution in [-0.4, -0.2) is 57.4 Å². The highest BCUT2D eigenvalue weighted by Gasteiger charge is 2.37. The van der Waals surface area contributed by atoms with Crippen LogP contribution in [0.4, 0.5) is 0 Å². The highest BCUT2D eigenvalue weighted by atomic mass is 16.5. The van der Waals surface area contributed by atoms with Gasteiger partial charge < -0.3 is 14.3 Å². The first-order valence-corrected chi connectivity index (χ1v) is 7.92. The van der Waals surface area contributed by atoms with Crippen LogP contribution in [0, 0.1) is 6.92 Å². The summed E-state index contributed by atoms with van der Waals surface area (Å²) >= 11 is 0. The molecule has 1 aromatic heterocycles. The number of carbonyl (C=O) groups is 2. The van der Waals surface area contributed by atoms with Gasteiger partial charge in [0.2, 0.25) is 17.7 Å². The van der Waals surface area contributed by atoms with Crippen LogP contribution < -0.4 is 0 Å². The maximum atomic E-state index is 12.8. The third-order valence-electron chi connectivity index (χ3n) is 4.57. The van der Waals surface area contributed by atoms with Gasteiger partial charge in [-0.15, -0.1) is 0 Å². The van der Waals surface area contributed by atoms with Gasteiger partial charge in [0.15, 0.2) is 5.82 Å². The molecule has 2 atom stereocenters. The van der Waals surface area contributed by atoms with E-state index in [9.17, 15) is 9.59 Å². The number of piperidine rings is 1. The van der Waals surface area contributed by atoms with Gasteiger partial charge in [-0.3, -0.25) is 9.59 Å². The van der Waals surface area contributed by atoms with Gasteiger partial charge in [0.05, 0.1) is 5.92 Å². The molecule has 3 heterocycles. The summed E-state index contributed by atoms with van der Waals surface area (Å²) in [4.78, 5) is 32.3. The molecule has 7 nitrogen and oxygen atoms in total. The maximum Gasteiger partial charge on any atom is 0.245 e. The maximum absolute atomic E-state index is 12.8. The first-order chi connectivity index (χ1) is 10.6. The number of hydrogen-bond acceptors (Lipinski definition) is 5. The Balaban J connectivity index is 1.69. The zero-order valence-corrected chi connectivity index (χ0v) is 13.1. The fourth-order valence-electron chi connectivity index (χ4n) is 3.47. The summed E-state index contributed by atoms with van der Waals surface area (Å²) in [6.07, 6.45) is 3.53. The number of nitrogens with zero attached hydrogens (tertiary/aromatic N) is 4. The Morgan fingerprint density at radius 3 is 2.68 bits per heavy atom. The van der Waals surface area contributed by atoms with E-state index < -0.39 is 0 Å². The molecule has 2 aliphatic heterocycles. The van der Waals surface area contributed by atoms with Crippen molar-refractivity contribution in [3.63, 3.8) is 0 Å². The topological polar surface area (TPSA) is 79.5 Å². The molecule has 2 amide bonds. The lowest BCUT2D eigenvalue weighted by atomic mass is 9.97. The third-order valence-corrected chi connectivity index (χ3v) is 4.57. The monoisotopic (exact) mass is 306 g/mol. The van der Waals surface area contributed by atoms with E-state index in [1.165, 1.54) is 6.92 Å². The number of carbonyl (C=O) groups excluding carboxylic acids is 2. The number of aryl methyl sites for hydroxylation is 1. The van der Waals surface area contributed by atoms with Crippen LogP contribution in [0.3, 0.4) is 0 Å². The SMILES string of the molecule is CC(=O)N1CCCC1C(=O)N1CCCC(c2nc(C)no2)C1. The van der Waals surface area contributed by atoms with E-state index in [-0.39, 0.29) is 23.8 Å². The van der Waals surface area contributed by atoms with Crippen molar-refractivity contribution < 1.29 is 14.1 Å². The summed E-state index contributed by atoms with van der Waals surface area (Å²) in [5, 5.41) is 3.83. The molecule has 0 aromatic carbocycles. The van der Waals surface area contributed by atoms with E-state index >= 15 is 0 Å². The van der Waals surface area contributed by atoms with Crippen LogP contribution in [0.25, 0.3) is 0 Å². The van der Waals surface area contributed by atoms with Crippen LogP contribution in [0.2, 0.25) is 0 Å². The molecule has 0 radical (unpaired) electrons. The van der Waals surface area contributed by atoms with Gasteiger partial charge in [-0.25, -0.2) is 0 Å². The lowest BCUT2D eigenvalue weighted by molar-refractivity contribution is -0.143. The summed E-state index contributed by atoms with van der Waals surface area (Å²) in [6, 6.07) is -0.291. The number of rotatable bonds is 2. The van der Waals surface area contributed by atoms with Gasteiger partial charge in [0, 0.05) is 26.6 Å². The molecule has 2 fully saturated rings. The molecular weight excluding hydrogens is 284 g/mol. The second-order valence-corrected chi connectivity index (χ2v) is 6.17. The van der Waals surface area contributed by atoms with Gasteiger partial charge in [-0.2, -0.15) is 4.98 Å². The van der Waals surface area contributed by atoms with Crippen molar-refractivity contribution in [1.82, 2.24) is 19.9 Å². The van der Waals surface area contributed by atoms with E-state index in [0.29, 0.717) is 24.8 Å². The fraction of sp³-hybridized carbons (Fsp3) is 0.733. The van der Waals surface area contributed by atoms with Gasteiger partial charge in [-0.1, -0.05) is 5.16 Å². The molecule has 0 saturated carbocycles. The Labute approximate surface area is 129 Å². The standard InChI is InChI=1S/C15H22N4O3/c1-10-16-14(22-17-10)12-5-3-7-18(9-12)15(21)13-6-4-8-19(13)11(2)20/h12-13H,3-9H2,1-2H3. The number of likely N-dealkylation sites (tertiary alicyclic amines) is 2. The van der Waals surface area contributed by atoms with E-state index in [1.54, 1.807) is 11.8 Å². The van der Waals surface area contributed by atoms with Crippen LogP contribution in [0.5, 0.6) is 0 Å². The van der Waals surface area contributed by atoms with Crippen molar-refractivity contribution in [3.05, 3.63) is 11.7 Å². The fourth-order valence-corrected chi connectivity index (χ4v) is 3.47. The van der Waals surface area contributed by atoms with Gasteiger partial charge >= 0.3 is 0 Å². The van der Waals surface area contributed by atoms with Crippen LogP contribution in [0.15, 0.2) is 4.52 Å². The van der Waals surface area contributed by atoms with Gasteiger partial charge in [0.1, 0.15) is 6.04 Å². The van der Waals surface area contributed by atoms with E-state index in [0.717, 1.165) is 32.2 Å². The number of aromatic nitrogens is 2. The lowest BCUT2D eigenvalue weighted by Gasteiger charge is -2.34. The van der Waals surface area contributed by atoms with E-state index in [1.807, 2.05) is 4.90 Å². The van der Waals surface area contributed by atoms with Crippen LogP contribution >= 0.6 is 0 Å². The Kier molecular flexibility index (Phi) is 4.13. The minimum absolute atomic E-state index is 0.0167. The summed E-state index contributed by atoms with van der Waals surface area (Å²) in [7, 11) is 0. The molecule has 1 aromatic rings. The van der Waals surface area contributed by atoms with Gasteiger partial charge in [-0.05, 0) is 32.6 Å². The molecule has 0 N–H and O–H groups in total. The molecule has 0 bridgehead atoms. The van der Waals surface area contributed by atoms with Crippen molar-refractivity contribution in [2.45, 2.75) is 51.5 Å². The molecule has 2 unspecified atom stereocenters. The molecule has 0 aliphatic carbocycles. The highest BCUT2D eigenvalue weighted by molar-refractivity contribution is 5.87. The first-order valence-electron chi connectivity index (χ1n) is 7.92. The first kappa shape index (κ1) is 15.0. The average Bonchev–Trinajstić information content (AvgIpc) is 3.15. The van der Waals surface area contributed by atoms with Crippen molar-refractivity contribution in [3.8, 4) is 0 Å². The molecule has 22 heavy (non-hydrogen) atoms. The Bertz CT molecular complexity index is 571. The second kappa shape index (κ2) is 6.06.